The first kappa shape index (κ1) is 22.6. The standard InChI is InChI=1S/C22H19F3N4O3/c1-15(30)27-18-8-5-16(6-9-18)7-10-21(31)28-20-13-29(14-26-20)12-17-3-2-4-19(11-17)32-22(23,24)25/h2-11,13-14H,12H2,1H3,(H,27,30)(H,28,31)/b10-7+. The molecular weight excluding hydrogens is 425 g/mol. The summed E-state index contributed by atoms with van der Waals surface area (Å²) in [6.07, 6.45) is 1.20. The van der Waals surface area contributed by atoms with Crippen LogP contribution in [0.5, 0.6) is 5.75 Å². The Morgan fingerprint density at radius 1 is 1.12 bits per heavy atom. The van der Waals surface area contributed by atoms with Crippen molar-refractivity contribution in [1.29, 1.82) is 0 Å². The Bertz CT molecular complexity index is 1120. The fourth-order valence-corrected chi connectivity index (χ4v) is 2.78. The molecule has 2 N–H and O–H groups in total. The minimum atomic E-state index is -4.76. The maximum atomic E-state index is 12.4. The molecular formula is C22H19F3N4O3. The van der Waals surface area contributed by atoms with Gasteiger partial charge in [0.05, 0.1) is 6.33 Å². The van der Waals surface area contributed by atoms with Gasteiger partial charge in [0.2, 0.25) is 11.8 Å². The van der Waals surface area contributed by atoms with Crippen molar-refractivity contribution < 1.29 is 27.5 Å². The molecule has 0 aliphatic heterocycles. The second-order valence-electron chi connectivity index (χ2n) is 6.75. The fraction of sp³-hybridized carbons (Fsp3) is 0.136. The van der Waals surface area contributed by atoms with Crippen LogP contribution in [0, 0.1) is 0 Å². The molecule has 0 fully saturated rings. The van der Waals surface area contributed by atoms with Gasteiger partial charge in [0.1, 0.15) is 5.75 Å². The molecule has 0 radical (unpaired) electrons. The van der Waals surface area contributed by atoms with Crippen LogP contribution in [0.4, 0.5) is 24.7 Å². The third-order valence-corrected chi connectivity index (χ3v) is 4.04. The number of rotatable bonds is 7. The number of imidazole rings is 1. The number of anilines is 2. The SMILES string of the molecule is CC(=O)Nc1ccc(/C=C/C(=O)Nc2cn(Cc3cccc(OC(F)(F)F)c3)cn2)cc1. The minimum Gasteiger partial charge on any atom is -0.406 e. The highest BCUT2D eigenvalue weighted by Crippen LogP contribution is 2.23. The van der Waals surface area contributed by atoms with E-state index in [1.807, 2.05) is 0 Å². The zero-order chi connectivity index (χ0) is 23.1. The van der Waals surface area contributed by atoms with E-state index < -0.39 is 12.3 Å². The Kier molecular flexibility index (Phi) is 6.93. The van der Waals surface area contributed by atoms with E-state index in [0.717, 1.165) is 5.56 Å². The van der Waals surface area contributed by atoms with Crippen molar-refractivity contribution >= 4 is 29.4 Å². The van der Waals surface area contributed by atoms with Crippen molar-refractivity contribution in [2.24, 2.45) is 0 Å². The molecule has 32 heavy (non-hydrogen) atoms. The van der Waals surface area contributed by atoms with Crippen LogP contribution in [0.2, 0.25) is 0 Å². The number of hydrogen-bond acceptors (Lipinski definition) is 4. The highest BCUT2D eigenvalue weighted by atomic mass is 19.4. The predicted molar refractivity (Wildman–Crippen MR) is 113 cm³/mol. The van der Waals surface area contributed by atoms with E-state index in [0.29, 0.717) is 17.1 Å². The lowest BCUT2D eigenvalue weighted by Gasteiger charge is -2.10. The van der Waals surface area contributed by atoms with Crippen LogP contribution in [-0.4, -0.2) is 27.7 Å². The van der Waals surface area contributed by atoms with Crippen LogP contribution in [0.1, 0.15) is 18.1 Å². The van der Waals surface area contributed by atoms with Crippen LogP contribution in [0.25, 0.3) is 6.08 Å². The van der Waals surface area contributed by atoms with Gasteiger partial charge < -0.3 is 19.9 Å². The molecule has 0 bridgehead atoms. The fourth-order valence-electron chi connectivity index (χ4n) is 2.78. The van der Waals surface area contributed by atoms with Gasteiger partial charge in [-0.05, 0) is 41.5 Å². The topological polar surface area (TPSA) is 85.2 Å². The van der Waals surface area contributed by atoms with Crippen LogP contribution in [0.15, 0.2) is 67.1 Å². The van der Waals surface area contributed by atoms with E-state index >= 15 is 0 Å². The van der Waals surface area contributed by atoms with Crippen molar-refractivity contribution in [2.45, 2.75) is 19.8 Å². The van der Waals surface area contributed by atoms with Crippen molar-refractivity contribution in [3.8, 4) is 5.75 Å². The van der Waals surface area contributed by atoms with E-state index in [2.05, 4.69) is 20.4 Å². The molecule has 3 aromatic rings. The lowest BCUT2D eigenvalue weighted by atomic mass is 10.2. The molecule has 2 amide bonds. The average molecular weight is 444 g/mol. The largest absolute Gasteiger partial charge is 0.573 e. The van der Waals surface area contributed by atoms with Crippen molar-refractivity contribution in [3.05, 3.63) is 78.3 Å². The number of amides is 2. The maximum Gasteiger partial charge on any atom is 0.573 e. The second kappa shape index (κ2) is 9.82. The summed E-state index contributed by atoms with van der Waals surface area (Å²) in [5.74, 6) is -0.585. The highest BCUT2D eigenvalue weighted by molar-refractivity contribution is 6.01. The molecule has 0 saturated carbocycles. The van der Waals surface area contributed by atoms with Gasteiger partial charge in [-0.1, -0.05) is 24.3 Å². The summed E-state index contributed by atoms with van der Waals surface area (Å²) in [6, 6.07) is 12.6. The molecule has 0 unspecified atom stereocenters. The summed E-state index contributed by atoms with van der Waals surface area (Å²) >= 11 is 0. The molecule has 0 atom stereocenters. The van der Waals surface area contributed by atoms with E-state index in [4.69, 9.17) is 0 Å². The lowest BCUT2D eigenvalue weighted by molar-refractivity contribution is -0.274. The summed E-state index contributed by atoms with van der Waals surface area (Å²) in [7, 11) is 0. The smallest absolute Gasteiger partial charge is 0.406 e. The normalized spacial score (nSPS) is 11.4. The second-order valence-corrected chi connectivity index (χ2v) is 6.75. The Morgan fingerprint density at radius 3 is 2.56 bits per heavy atom. The predicted octanol–water partition coefficient (Wildman–Crippen LogP) is 4.44. The van der Waals surface area contributed by atoms with E-state index in [1.54, 1.807) is 47.2 Å². The van der Waals surface area contributed by atoms with E-state index in [9.17, 15) is 22.8 Å². The van der Waals surface area contributed by atoms with Crippen LogP contribution in [0.3, 0.4) is 0 Å². The van der Waals surface area contributed by atoms with Crippen LogP contribution in [-0.2, 0) is 16.1 Å². The number of ether oxygens (including phenoxy) is 1. The first-order valence-corrected chi connectivity index (χ1v) is 9.39. The van der Waals surface area contributed by atoms with Crippen molar-refractivity contribution in [2.75, 3.05) is 10.6 Å². The van der Waals surface area contributed by atoms with Gasteiger partial charge in [-0.15, -0.1) is 13.2 Å². The number of carbonyl (C=O) groups is 2. The van der Waals surface area contributed by atoms with Gasteiger partial charge in [0, 0.05) is 31.4 Å². The monoisotopic (exact) mass is 444 g/mol. The Morgan fingerprint density at radius 2 is 1.88 bits per heavy atom. The molecule has 0 spiro atoms. The molecule has 0 saturated heterocycles. The molecule has 166 valence electrons. The third-order valence-electron chi connectivity index (χ3n) is 4.04. The summed E-state index contributed by atoms with van der Waals surface area (Å²) in [6.45, 7) is 1.66. The van der Waals surface area contributed by atoms with Gasteiger partial charge in [-0.3, -0.25) is 9.59 Å². The lowest BCUT2D eigenvalue weighted by Crippen LogP contribution is -2.17. The molecule has 1 heterocycles. The van der Waals surface area contributed by atoms with Gasteiger partial charge in [-0.25, -0.2) is 4.98 Å². The van der Waals surface area contributed by atoms with Crippen LogP contribution < -0.4 is 15.4 Å². The number of halogens is 3. The van der Waals surface area contributed by atoms with Crippen molar-refractivity contribution in [3.63, 3.8) is 0 Å². The number of nitrogens with zero attached hydrogens (tertiary/aromatic N) is 2. The number of hydrogen-bond donors (Lipinski definition) is 2. The molecule has 0 aliphatic rings. The van der Waals surface area contributed by atoms with E-state index in [1.165, 1.54) is 37.5 Å². The summed E-state index contributed by atoms with van der Waals surface area (Å²) < 4.78 is 42.6. The Balaban J connectivity index is 1.55. The Hall–Kier alpha value is -4.08. The van der Waals surface area contributed by atoms with Crippen LogP contribution >= 0.6 is 0 Å². The zero-order valence-corrected chi connectivity index (χ0v) is 16.9. The summed E-state index contributed by atoms with van der Waals surface area (Å²) in [5.41, 5.74) is 1.99. The minimum absolute atomic E-state index is 0.172. The molecule has 0 aliphatic carbocycles. The molecule has 10 heteroatoms. The van der Waals surface area contributed by atoms with Gasteiger partial charge >= 0.3 is 6.36 Å². The first-order valence-electron chi connectivity index (χ1n) is 9.39. The number of carbonyl (C=O) groups excluding carboxylic acids is 2. The van der Waals surface area contributed by atoms with Crippen molar-refractivity contribution in [1.82, 2.24) is 9.55 Å². The average Bonchev–Trinajstić information content (AvgIpc) is 3.12. The molecule has 3 rings (SSSR count). The zero-order valence-electron chi connectivity index (χ0n) is 16.9. The number of aromatic nitrogens is 2. The highest BCUT2D eigenvalue weighted by Gasteiger charge is 2.31. The first-order chi connectivity index (χ1) is 15.2. The number of nitrogens with one attached hydrogen (secondary N) is 2. The molecule has 1 aromatic heterocycles. The van der Waals surface area contributed by atoms with Gasteiger partial charge in [0.15, 0.2) is 5.82 Å². The molecule has 7 nitrogen and oxygen atoms in total. The van der Waals surface area contributed by atoms with E-state index in [-0.39, 0.29) is 18.2 Å². The maximum absolute atomic E-state index is 12.4. The Labute approximate surface area is 181 Å². The molecule has 2 aromatic carbocycles. The number of alkyl halides is 3. The quantitative estimate of drug-likeness (QED) is 0.528. The van der Waals surface area contributed by atoms with Gasteiger partial charge in [-0.2, -0.15) is 0 Å². The third kappa shape index (κ3) is 7.31. The van der Waals surface area contributed by atoms with Gasteiger partial charge in [0.25, 0.3) is 0 Å². The summed E-state index contributed by atoms with van der Waals surface area (Å²) in [5, 5.41) is 5.26. The number of benzene rings is 2. The summed E-state index contributed by atoms with van der Waals surface area (Å²) in [4.78, 5) is 27.2.